The number of carbonyl (C=O) groups is 1. The Morgan fingerprint density at radius 2 is 2.06 bits per heavy atom. The Balaban J connectivity index is 3.21. The Morgan fingerprint density at radius 1 is 1.44 bits per heavy atom. The Morgan fingerprint density at radius 3 is 2.56 bits per heavy atom. The molecule has 0 atom stereocenters. The predicted octanol–water partition coefficient (Wildman–Crippen LogP) is 3.16. The van der Waals surface area contributed by atoms with Crippen molar-refractivity contribution in [3.63, 3.8) is 0 Å². The topological polar surface area (TPSA) is 52.3 Å². The van der Waals surface area contributed by atoms with Gasteiger partial charge in [0, 0.05) is 4.47 Å². The summed E-state index contributed by atoms with van der Waals surface area (Å²) in [6.45, 7) is 1.68. The number of anilines is 1. The minimum absolute atomic E-state index is 0.0992. The number of nitrogen functional groups attached to an aromatic ring is 1. The molecule has 1 aromatic rings. The second-order valence-corrected chi connectivity index (χ2v) is 4.32. The van der Waals surface area contributed by atoms with E-state index in [1.807, 2.05) is 0 Å². The molecule has 0 bridgehead atoms. The van der Waals surface area contributed by atoms with Crippen LogP contribution in [0.4, 0.5) is 18.9 Å². The Hall–Kier alpha value is -1.24. The molecule has 0 fully saturated rings. The molecule has 0 aromatic heterocycles. The molecule has 0 saturated heterocycles. The van der Waals surface area contributed by atoms with Crippen molar-refractivity contribution in [2.45, 2.75) is 19.5 Å². The highest BCUT2D eigenvalue weighted by molar-refractivity contribution is 9.10. The third-order valence-corrected chi connectivity index (χ3v) is 2.93. The van der Waals surface area contributed by atoms with E-state index >= 15 is 0 Å². The van der Waals surface area contributed by atoms with Gasteiger partial charge in [-0.3, -0.25) is 4.79 Å². The largest absolute Gasteiger partial charge is 0.466 e. The van der Waals surface area contributed by atoms with E-state index in [-0.39, 0.29) is 17.9 Å². The normalized spacial score (nSPS) is 11.4. The van der Waals surface area contributed by atoms with E-state index in [0.29, 0.717) is 4.47 Å². The molecular formula is C11H11BrF3NO2. The van der Waals surface area contributed by atoms with E-state index in [1.54, 1.807) is 6.92 Å². The fourth-order valence-corrected chi connectivity index (χ4v) is 1.82. The van der Waals surface area contributed by atoms with Gasteiger partial charge in [0.2, 0.25) is 0 Å². The van der Waals surface area contributed by atoms with Gasteiger partial charge in [0.05, 0.1) is 24.3 Å². The van der Waals surface area contributed by atoms with Crippen LogP contribution in [-0.2, 0) is 22.1 Å². The first-order valence-corrected chi connectivity index (χ1v) is 5.86. The molecule has 3 nitrogen and oxygen atoms in total. The Labute approximate surface area is 110 Å². The lowest BCUT2D eigenvalue weighted by atomic mass is 10.0. The lowest BCUT2D eigenvalue weighted by molar-refractivity contribution is -0.143. The van der Waals surface area contributed by atoms with Crippen molar-refractivity contribution < 1.29 is 22.7 Å². The van der Waals surface area contributed by atoms with Gasteiger partial charge in [-0.1, -0.05) is 0 Å². The van der Waals surface area contributed by atoms with Gasteiger partial charge >= 0.3 is 12.1 Å². The summed E-state index contributed by atoms with van der Waals surface area (Å²) in [4.78, 5) is 11.3. The number of hydrogen-bond donors (Lipinski definition) is 1. The number of nitrogens with two attached hydrogens (primary N) is 1. The molecule has 1 rings (SSSR count). The summed E-state index contributed by atoms with van der Waals surface area (Å²) in [7, 11) is 0. The number of halogens is 4. The summed E-state index contributed by atoms with van der Waals surface area (Å²) in [6.07, 6.45) is -5.06. The van der Waals surface area contributed by atoms with Crippen LogP contribution in [0.3, 0.4) is 0 Å². The molecule has 100 valence electrons. The van der Waals surface area contributed by atoms with E-state index in [2.05, 4.69) is 20.7 Å². The number of rotatable bonds is 3. The second-order valence-electron chi connectivity index (χ2n) is 3.47. The number of benzene rings is 1. The van der Waals surface area contributed by atoms with Crippen molar-refractivity contribution in [2.75, 3.05) is 12.3 Å². The van der Waals surface area contributed by atoms with Crippen LogP contribution in [0.15, 0.2) is 16.6 Å². The van der Waals surface area contributed by atoms with Crippen molar-refractivity contribution in [1.29, 1.82) is 0 Å². The predicted molar refractivity (Wildman–Crippen MR) is 63.9 cm³/mol. The first kappa shape index (κ1) is 14.8. The summed E-state index contributed by atoms with van der Waals surface area (Å²) < 4.78 is 43.3. The third kappa shape index (κ3) is 3.38. The fraction of sp³-hybridized carbons (Fsp3) is 0.364. The van der Waals surface area contributed by atoms with Crippen molar-refractivity contribution >= 4 is 27.6 Å². The van der Waals surface area contributed by atoms with Gasteiger partial charge in [0.25, 0.3) is 0 Å². The van der Waals surface area contributed by atoms with Crippen molar-refractivity contribution in [3.05, 3.63) is 27.7 Å². The van der Waals surface area contributed by atoms with Crippen LogP contribution < -0.4 is 5.73 Å². The van der Waals surface area contributed by atoms with Crippen molar-refractivity contribution in [1.82, 2.24) is 0 Å². The van der Waals surface area contributed by atoms with Crippen LogP contribution in [-0.4, -0.2) is 12.6 Å². The fourth-order valence-electron chi connectivity index (χ4n) is 1.45. The van der Waals surface area contributed by atoms with E-state index in [9.17, 15) is 18.0 Å². The first-order valence-electron chi connectivity index (χ1n) is 5.07. The molecule has 0 aliphatic heterocycles. The Bertz CT molecular complexity index is 460. The molecule has 0 radical (unpaired) electrons. The zero-order valence-corrected chi connectivity index (χ0v) is 11.1. The quantitative estimate of drug-likeness (QED) is 0.686. The zero-order chi connectivity index (χ0) is 13.9. The molecule has 7 heteroatoms. The van der Waals surface area contributed by atoms with Gasteiger partial charge in [-0.2, -0.15) is 13.2 Å². The average Bonchev–Trinajstić information content (AvgIpc) is 2.23. The van der Waals surface area contributed by atoms with E-state index in [0.717, 1.165) is 6.07 Å². The highest BCUT2D eigenvalue weighted by Gasteiger charge is 2.35. The van der Waals surface area contributed by atoms with Crippen LogP contribution in [0.1, 0.15) is 18.1 Å². The molecule has 0 spiro atoms. The number of hydrogen-bond acceptors (Lipinski definition) is 3. The van der Waals surface area contributed by atoms with Crippen LogP contribution in [0.25, 0.3) is 0 Å². The summed E-state index contributed by atoms with van der Waals surface area (Å²) >= 11 is 3.03. The molecule has 0 heterocycles. The molecule has 2 N–H and O–H groups in total. The third-order valence-electron chi connectivity index (χ3n) is 2.24. The lowest BCUT2D eigenvalue weighted by Gasteiger charge is -2.15. The maximum Gasteiger partial charge on any atom is 0.416 e. The second kappa shape index (κ2) is 5.60. The van der Waals surface area contributed by atoms with Crippen LogP contribution in [0.5, 0.6) is 0 Å². The van der Waals surface area contributed by atoms with Gasteiger partial charge in [-0.25, -0.2) is 0 Å². The zero-order valence-electron chi connectivity index (χ0n) is 9.47. The van der Waals surface area contributed by atoms with Gasteiger partial charge in [-0.05, 0) is 40.5 Å². The molecule has 0 saturated carbocycles. The molecule has 0 unspecified atom stereocenters. The van der Waals surface area contributed by atoms with Crippen LogP contribution in [0, 0.1) is 0 Å². The molecule has 0 amide bonds. The highest BCUT2D eigenvalue weighted by atomic mass is 79.9. The SMILES string of the molecule is CCOC(=O)Cc1c(C(F)(F)F)ccc(Br)c1N. The molecular weight excluding hydrogens is 315 g/mol. The highest BCUT2D eigenvalue weighted by Crippen LogP contribution is 2.37. The van der Waals surface area contributed by atoms with Gasteiger partial charge in [0.15, 0.2) is 0 Å². The standard InChI is InChI=1S/C11H11BrF3NO2/c1-2-18-9(17)5-6-7(11(13,14)15)3-4-8(12)10(6)16/h3-4H,2,5,16H2,1H3. The summed E-state index contributed by atoms with van der Waals surface area (Å²) in [5.41, 5.74) is 4.28. The number of alkyl halides is 3. The molecule has 0 aliphatic carbocycles. The van der Waals surface area contributed by atoms with Crippen molar-refractivity contribution in [3.8, 4) is 0 Å². The van der Waals surface area contributed by atoms with E-state index in [1.165, 1.54) is 6.07 Å². The maximum absolute atomic E-state index is 12.8. The van der Waals surface area contributed by atoms with Gasteiger partial charge in [0.1, 0.15) is 0 Å². The summed E-state index contributed by atoms with van der Waals surface area (Å²) in [5, 5.41) is 0. The smallest absolute Gasteiger partial charge is 0.416 e. The molecule has 0 aliphatic rings. The van der Waals surface area contributed by atoms with E-state index in [4.69, 9.17) is 5.73 Å². The van der Waals surface area contributed by atoms with Gasteiger partial charge < -0.3 is 10.5 Å². The number of ether oxygens (including phenoxy) is 1. The van der Waals surface area contributed by atoms with Crippen LogP contribution in [0.2, 0.25) is 0 Å². The van der Waals surface area contributed by atoms with Crippen molar-refractivity contribution in [2.24, 2.45) is 0 Å². The van der Waals surface area contributed by atoms with Crippen LogP contribution >= 0.6 is 15.9 Å². The minimum atomic E-state index is -4.56. The average molecular weight is 326 g/mol. The number of esters is 1. The van der Waals surface area contributed by atoms with E-state index < -0.39 is 24.1 Å². The minimum Gasteiger partial charge on any atom is -0.466 e. The summed E-state index contributed by atoms with van der Waals surface area (Å²) in [6, 6.07) is 2.09. The number of carbonyl (C=O) groups excluding carboxylic acids is 1. The molecule has 18 heavy (non-hydrogen) atoms. The lowest BCUT2D eigenvalue weighted by Crippen LogP contribution is -2.16. The monoisotopic (exact) mass is 325 g/mol. The molecule has 1 aromatic carbocycles. The Kier molecular flexibility index (Phi) is 4.61. The summed E-state index contributed by atoms with van der Waals surface area (Å²) in [5.74, 6) is -0.743. The van der Waals surface area contributed by atoms with Gasteiger partial charge in [-0.15, -0.1) is 0 Å². The first-order chi connectivity index (χ1) is 8.27. The maximum atomic E-state index is 12.8.